The lowest BCUT2D eigenvalue weighted by atomic mass is 9.84. The SMILES string of the molecule is CCNC1CCCCC(CCC(C)(C)C)C1. The third-order valence-electron chi connectivity index (χ3n) is 3.83. The quantitative estimate of drug-likeness (QED) is 0.701. The molecule has 0 aromatic rings. The minimum atomic E-state index is 0.514. The third-order valence-corrected chi connectivity index (χ3v) is 3.83. The molecule has 0 spiro atoms. The minimum absolute atomic E-state index is 0.514. The van der Waals surface area contributed by atoms with Crippen molar-refractivity contribution >= 4 is 0 Å². The molecule has 0 aliphatic heterocycles. The van der Waals surface area contributed by atoms with E-state index in [1.165, 1.54) is 44.9 Å². The van der Waals surface area contributed by atoms with E-state index in [-0.39, 0.29) is 0 Å². The van der Waals surface area contributed by atoms with Crippen molar-refractivity contribution in [1.82, 2.24) is 5.32 Å². The Morgan fingerprint density at radius 1 is 1.12 bits per heavy atom. The average molecular weight is 225 g/mol. The highest BCUT2D eigenvalue weighted by molar-refractivity contribution is 4.77. The van der Waals surface area contributed by atoms with Crippen molar-refractivity contribution in [2.75, 3.05) is 6.54 Å². The number of hydrogen-bond acceptors (Lipinski definition) is 1. The van der Waals surface area contributed by atoms with Crippen LogP contribution >= 0.6 is 0 Å². The number of nitrogens with one attached hydrogen (secondary N) is 1. The Morgan fingerprint density at radius 3 is 2.44 bits per heavy atom. The van der Waals surface area contributed by atoms with Gasteiger partial charge < -0.3 is 5.32 Å². The smallest absolute Gasteiger partial charge is 0.00695 e. The van der Waals surface area contributed by atoms with E-state index in [4.69, 9.17) is 0 Å². The van der Waals surface area contributed by atoms with Gasteiger partial charge >= 0.3 is 0 Å². The summed E-state index contributed by atoms with van der Waals surface area (Å²) in [5.74, 6) is 0.978. The normalized spacial score (nSPS) is 27.8. The Hall–Kier alpha value is -0.0400. The summed E-state index contributed by atoms with van der Waals surface area (Å²) in [4.78, 5) is 0. The molecule has 2 unspecified atom stereocenters. The standard InChI is InChI=1S/C15H31N/c1-5-16-14-9-7-6-8-13(12-14)10-11-15(2,3)4/h13-14,16H,5-12H2,1-4H3. The molecule has 16 heavy (non-hydrogen) atoms. The second kappa shape index (κ2) is 6.64. The van der Waals surface area contributed by atoms with Crippen molar-refractivity contribution < 1.29 is 0 Å². The van der Waals surface area contributed by atoms with E-state index in [0.29, 0.717) is 5.41 Å². The second-order valence-electron chi connectivity index (χ2n) is 6.74. The van der Waals surface area contributed by atoms with Crippen LogP contribution in [0.5, 0.6) is 0 Å². The van der Waals surface area contributed by atoms with Gasteiger partial charge in [0.15, 0.2) is 0 Å². The van der Waals surface area contributed by atoms with Crippen LogP contribution in [0.25, 0.3) is 0 Å². The van der Waals surface area contributed by atoms with Gasteiger partial charge in [0.2, 0.25) is 0 Å². The van der Waals surface area contributed by atoms with Gasteiger partial charge in [-0.1, -0.05) is 47.0 Å². The fraction of sp³-hybridized carbons (Fsp3) is 1.00. The van der Waals surface area contributed by atoms with Crippen molar-refractivity contribution in [3.8, 4) is 0 Å². The van der Waals surface area contributed by atoms with Crippen LogP contribution in [-0.4, -0.2) is 12.6 Å². The molecule has 1 aliphatic rings. The zero-order valence-corrected chi connectivity index (χ0v) is 11.8. The molecular weight excluding hydrogens is 194 g/mol. The zero-order valence-electron chi connectivity index (χ0n) is 11.8. The van der Waals surface area contributed by atoms with Gasteiger partial charge in [-0.25, -0.2) is 0 Å². The molecule has 1 fully saturated rings. The average Bonchev–Trinajstić information content (AvgIpc) is 2.40. The number of hydrogen-bond donors (Lipinski definition) is 1. The summed E-state index contributed by atoms with van der Waals surface area (Å²) >= 11 is 0. The Labute approximate surface area is 102 Å². The van der Waals surface area contributed by atoms with E-state index in [1.807, 2.05) is 0 Å². The van der Waals surface area contributed by atoms with Crippen LogP contribution in [0.3, 0.4) is 0 Å². The fourth-order valence-corrected chi connectivity index (χ4v) is 2.84. The lowest BCUT2D eigenvalue weighted by Crippen LogP contribution is -2.30. The molecule has 0 aromatic carbocycles. The first-order chi connectivity index (χ1) is 7.51. The summed E-state index contributed by atoms with van der Waals surface area (Å²) in [5.41, 5.74) is 0.514. The molecule has 1 nitrogen and oxygen atoms in total. The molecule has 0 heterocycles. The number of rotatable bonds is 4. The van der Waals surface area contributed by atoms with Crippen molar-refractivity contribution in [2.24, 2.45) is 11.3 Å². The van der Waals surface area contributed by atoms with Crippen molar-refractivity contribution in [2.45, 2.75) is 78.7 Å². The highest BCUT2D eigenvalue weighted by atomic mass is 14.9. The van der Waals surface area contributed by atoms with E-state index in [9.17, 15) is 0 Å². The van der Waals surface area contributed by atoms with E-state index in [1.54, 1.807) is 0 Å². The van der Waals surface area contributed by atoms with Crippen LogP contribution in [0.2, 0.25) is 0 Å². The molecule has 2 atom stereocenters. The first-order valence-corrected chi connectivity index (χ1v) is 7.24. The van der Waals surface area contributed by atoms with E-state index in [0.717, 1.165) is 18.5 Å². The summed E-state index contributed by atoms with van der Waals surface area (Å²) < 4.78 is 0. The molecule has 1 aliphatic carbocycles. The van der Waals surface area contributed by atoms with E-state index >= 15 is 0 Å². The molecule has 0 saturated heterocycles. The summed E-state index contributed by atoms with van der Waals surface area (Å²) in [5, 5.41) is 3.65. The molecule has 1 N–H and O–H groups in total. The van der Waals surface area contributed by atoms with E-state index < -0.39 is 0 Å². The molecule has 96 valence electrons. The molecular formula is C15H31N. The van der Waals surface area contributed by atoms with Crippen molar-refractivity contribution in [3.05, 3.63) is 0 Å². The second-order valence-corrected chi connectivity index (χ2v) is 6.74. The summed E-state index contributed by atoms with van der Waals surface area (Å²) in [6.45, 7) is 10.5. The van der Waals surface area contributed by atoms with Crippen LogP contribution < -0.4 is 5.32 Å². The molecule has 0 aromatic heterocycles. The van der Waals surface area contributed by atoms with Gasteiger partial charge in [-0.15, -0.1) is 0 Å². The molecule has 1 rings (SSSR count). The molecule has 1 saturated carbocycles. The Kier molecular flexibility index (Phi) is 5.82. The van der Waals surface area contributed by atoms with Crippen LogP contribution in [0.1, 0.15) is 72.6 Å². The van der Waals surface area contributed by atoms with Crippen LogP contribution in [-0.2, 0) is 0 Å². The van der Waals surface area contributed by atoms with Gasteiger partial charge in [-0.3, -0.25) is 0 Å². The predicted molar refractivity (Wildman–Crippen MR) is 72.7 cm³/mol. The van der Waals surface area contributed by atoms with E-state index in [2.05, 4.69) is 33.0 Å². The van der Waals surface area contributed by atoms with Gasteiger partial charge in [-0.2, -0.15) is 0 Å². The van der Waals surface area contributed by atoms with Crippen LogP contribution in [0.15, 0.2) is 0 Å². The maximum atomic E-state index is 3.65. The Balaban J connectivity index is 2.33. The monoisotopic (exact) mass is 225 g/mol. The van der Waals surface area contributed by atoms with Gasteiger partial charge in [0.05, 0.1) is 0 Å². The maximum absolute atomic E-state index is 3.65. The molecule has 0 bridgehead atoms. The van der Waals surface area contributed by atoms with Crippen LogP contribution in [0.4, 0.5) is 0 Å². The third kappa shape index (κ3) is 5.89. The van der Waals surface area contributed by atoms with Gasteiger partial charge in [-0.05, 0) is 43.6 Å². The van der Waals surface area contributed by atoms with Gasteiger partial charge in [0.25, 0.3) is 0 Å². The van der Waals surface area contributed by atoms with Crippen molar-refractivity contribution in [3.63, 3.8) is 0 Å². The first-order valence-electron chi connectivity index (χ1n) is 7.24. The molecule has 0 amide bonds. The summed E-state index contributed by atoms with van der Waals surface area (Å²) in [6, 6.07) is 0.803. The zero-order chi connectivity index (χ0) is 12.0. The lowest BCUT2D eigenvalue weighted by Gasteiger charge is -2.24. The highest BCUT2D eigenvalue weighted by Crippen LogP contribution is 2.31. The minimum Gasteiger partial charge on any atom is -0.314 e. The van der Waals surface area contributed by atoms with Crippen LogP contribution in [0, 0.1) is 11.3 Å². The van der Waals surface area contributed by atoms with Gasteiger partial charge in [0, 0.05) is 6.04 Å². The largest absolute Gasteiger partial charge is 0.314 e. The highest BCUT2D eigenvalue weighted by Gasteiger charge is 2.21. The maximum Gasteiger partial charge on any atom is 0.00695 e. The summed E-state index contributed by atoms with van der Waals surface area (Å²) in [6.07, 6.45) is 10.0. The predicted octanol–water partition coefficient (Wildman–Crippen LogP) is 4.37. The van der Waals surface area contributed by atoms with Gasteiger partial charge in [0.1, 0.15) is 0 Å². The Morgan fingerprint density at radius 2 is 1.81 bits per heavy atom. The Bertz CT molecular complexity index is 180. The lowest BCUT2D eigenvalue weighted by molar-refractivity contribution is 0.292. The molecule has 1 heteroatoms. The fourth-order valence-electron chi connectivity index (χ4n) is 2.84. The first kappa shape index (κ1) is 14.0. The summed E-state index contributed by atoms with van der Waals surface area (Å²) in [7, 11) is 0. The topological polar surface area (TPSA) is 12.0 Å². The van der Waals surface area contributed by atoms with Crippen molar-refractivity contribution in [1.29, 1.82) is 0 Å². The molecule has 0 radical (unpaired) electrons.